The first kappa shape index (κ1) is 14.0. The average molecular weight is 278 g/mol. The number of fused-ring (bicyclic) bond motifs is 1. The van der Waals surface area contributed by atoms with E-state index in [1.807, 2.05) is 13.8 Å². The summed E-state index contributed by atoms with van der Waals surface area (Å²) in [5.74, 6) is 1.04. The Labute approximate surface area is 116 Å². The third-order valence-electron chi connectivity index (χ3n) is 3.09. The van der Waals surface area contributed by atoms with Crippen LogP contribution in [0.1, 0.15) is 26.7 Å². The number of nitro groups is 1. The molecule has 1 aliphatic rings. The summed E-state index contributed by atoms with van der Waals surface area (Å²) in [6.45, 7) is 5.81. The van der Waals surface area contributed by atoms with Gasteiger partial charge in [0.05, 0.1) is 4.92 Å². The quantitative estimate of drug-likeness (QED) is 0.664. The minimum atomic E-state index is -0.497. The fraction of sp³-hybridized carbons (Fsp3) is 0.500. The first-order valence-corrected chi connectivity index (χ1v) is 6.70. The zero-order chi connectivity index (χ0) is 14.7. The van der Waals surface area contributed by atoms with Crippen LogP contribution in [-0.4, -0.2) is 32.6 Å². The van der Waals surface area contributed by atoms with Crippen LogP contribution in [-0.2, 0) is 0 Å². The molecule has 2 N–H and O–H groups in total. The molecule has 20 heavy (non-hydrogen) atoms. The lowest BCUT2D eigenvalue weighted by Crippen LogP contribution is -2.20. The summed E-state index contributed by atoms with van der Waals surface area (Å²) in [5, 5.41) is 14.8. The Bertz CT molecular complexity index is 618. The van der Waals surface area contributed by atoms with Crippen LogP contribution < -0.4 is 10.6 Å². The zero-order valence-electron chi connectivity index (χ0n) is 11.6. The average Bonchev–Trinajstić information content (AvgIpc) is 3.10. The largest absolute Gasteiger partial charge is 0.383 e. The van der Waals surface area contributed by atoms with E-state index in [4.69, 9.17) is 5.73 Å². The highest BCUT2D eigenvalue weighted by atomic mass is 16.6. The van der Waals surface area contributed by atoms with E-state index in [0.29, 0.717) is 11.6 Å². The fourth-order valence-corrected chi connectivity index (χ4v) is 2.20. The van der Waals surface area contributed by atoms with Crippen molar-refractivity contribution in [1.82, 2.24) is 14.6 Å². The molecule has 2 aromatic heterocycles. The molecule has 108 valence electrons. The smallest absolute Gasteiger partial charge is 0.333 e. The molecule has 8 nitrogen and oxygen atoms in total. The van der Waals surface area contributed by atoms with Crippen LogP contribution in [0, 0.1) is 10.1 Å². The number of anilines is 2. The number of hydrogen-bond acceptors (Lipinski definition) is 6. The van der Waals surface area contributed by atoms with Gasteiger partial charge in [0.15, 0.2) is 0 Å². The van der Waals surface area contributed by atoms with Crippen molar-refractivity contribution >= 4 is 23.0 Å². The van der Waals surface area contributed by atoms with Crippen LogP contribution >= 0.6 is 0 Å². The lowest BCUT2D eigenvalue weighted by atomic mass is 10.4. The molecule has 0 atom stereocenters. The van der Waals surface area contributed by atoms with Gasteiger partial charge in [-0.25, -0.2) is 4.98 Å². The number of rotatable bonds is 2. The Hall–Kier alpha value is -2.38. The second-order valence-electron chi connectivity index (χ2n) is 4.26. The molecule has 1 aliphatic heterocycles. The summed E-state index contributed by atoms with van der Waals surface area (Å²) in [6, 6.07) is 1.70. The Balaban J connectivity index is 0.000000704. The Morgan fingerprint density at radius 1 is 1.35 bits per heavy atom. The van der Waals surface area contributed by atoms with Gasteiger partial charge in [-0.3, -0.25) is 10.1 Å². The predicted molar refractivity (Wildman–Crippen MR) is 76.8 cm³/mol. The molecule has 3 heterocycles. The Kier molecular flexibility index (Phi) is 4.02. The maximum atomic E-state index is 10.9. The molecule has 1 fully saturated rings. The van der Waals surface area contributed by atoms with E-state index in [1.54, 1.807) is 6.07 Å². The van der Waals surface area contributed by atoms with Gasteiger partial charge in [-0.2, -0.15) is 9.61 Å². The van der Waals surface area contributed by atoms with Gasteiger partial charge in [-0.05, 0) is 12.8 Å². The third kappa shape index (κ3) is 2.36. The van der Waals surface area contributed by atoms with Gasteiger partial charge in [0.1, 0.15) is 17.8 Å². The maximum absolute atomic E-state index is 10.9. The summed E-state index contributed by atoms with van der Waals surface area (Å²) in [4.78, 5) is 16.8. The van der Waals surface area contributed by atoms with E-state index in [-0.39, 0.29) is 11.3 Å². The van der Waals surface area contributed by atoms with Crippen molar-refractivity contribution in [2.45, 2.75) is 26.7 Å². The molecule has 0 unspecified atom stereocenters. The zero-order valence-corrected chi connectivity index (χ0v) is 11.6. The Morgan fingerprint density at radius 3 is 2.60 bits per heavy atom. The maximum Gasteiger partial charge on any atom is 0.333 e. The van der Waals surface area contributed by atoms with Crippen LogP contribution in [0.4, 0.5) is 17.3 Å². The topological polar surface area (TPSA) is 103 Å². The van der Waals surface area contributed by atoms with Crippen LogP contribution in [0.2, 0.25) is 0 Å². The molecule has 0 amide bonds. The monoisotopic (exact) mass is 278 g/mol. The SMILES string of the molecule is CC.Nc1cc(N2CCCC2)nc2c([N+](=O)[O-])cnn12. The normalized spacial score (nSPS) is 14.2. The van der Waals surface area contributed by atoms with Crippen molar-refractivity contribution in [2.75, 3.05) is 23.7 Å². The van der Waals surface area contributed by atoms with Gasteiger partial charge in [0, 0.05) is 19.2 Å². The summed E-state index contributed by atoms with van der Waals surface area (Å²) in [6.07, 6.45) is 3.38. The van der Waals surface area contributed by atoms with Gasteiger partial charge in [0.25, 0.3) is 0 Å². The molecule has 0 saturated carbocycles. The molecule has 2 aromatic rings. The van der Waals surface area contributed by atoms with Crippen LogP contribution in [0.3, 0.4) is 0 Å². The predicted octanol–water partition coefficient (Wildman–Crippen LogP) is 1.85. The van der Waals surface area contributed by atoms with Crippen LogP contribution in [0.25, 0.3) is 5.65 Å². The standard InChI is InChI=1S/C10H12N6O2.C2H6/c11-8-5-9(14-3-1-2-4-14)13-10-7(16(17)18)6-12-15(8)10;1-2/h5-6H,1-4,11H2;1-2H3. The van der Waals surface area contributed by atoms with Gasteiger partial charge in [-0.1, -0.05) is 13.8 Å². The minimum Gasteiger partial charge on any atom is -0.383 e. The molecule has 0 radical (unpaired) electrons. The van der Waals surface area contributed by atoms with Crippen molar-refractivity contribution in [3.8, 4) is 0 Å². The van der Waals surface area contributed by atoms with Crippen molar-refractivity contribution < 1.29 is 4.92 Å². The molecule has 1 saturated heterocycles. The number of nitrogens with zero attached hydrogens (tertiary/aromatic N) is 5. The van der Waals surface area contributed by atoms with E-state index < -0.39 is 4.92 Å². The lowest BCUT2D eigenvalue weighted by Gasteiger charge is -2.16. The van der Waals surface area contributed by atoms with Crippen molar-refractivity contribution in [1.29, 1.82) is 0 Å². The van der Waals surface area contributed by atoms with Gasteiger partial charge < -0.3 is 10.6 Å². The minimum absolute atomic E-state index is 0.122. The Morgan fingerprint density at radius 2 is 2.00 bits per heavy atom. The van der Waals surface area contributed by atoms with E-state index in [0.717, 1.165) is 25.9 Å². The van der Waals surface area contributed by atoms with Gasteiger partial charge >= 0.3 is 5.69 Å². The molecule has 0 bridgehead atoms. The van der Waals surface area contributed by atoms with E-state index in [1.165, 1.54) is 10.7 Å². The van der Waals surface area contributed by atoms with Crippen molar-refractivity contribution in [2.24, 2.45) is 0 Å². The van der Waals surface area contributed by atoms with E-state index >= 15 is 0 Å². The summed E-state index contributed by atoms with van der Waals surface area (Å²) in [5.41, 5.74) is 5.92. The fourth-order valence-electron chi connectivity index (χ4n) is 2.20. The highest BCUT2D eigenvalue weighted by Gasteiger charge is 2.21. The number of aromatic nitrogens is 3. The molecule has 0 aliphatic carbocycles. The molecule has 3 rings (SSSR count). The highest BCUT2D eigenvalue weighted by Crippen LogP contribution is 2.25. The molecule has 8 heteroatoms. The van der Waals surface area contributed by atoms with E-state index in [2.05, 4.69) is 15.0 Å². The molecule has 0 spiro atoms. The summed E-state index contributed by atoms with van der Waals surface area (Å²) >= 11 is 0. The summed E-state index contributed by atoms with van der Waals surface area (Å²) < 4.78 is 1.29. The van der Waals surface area contributed by atoms with Gasteiger partial charge in [-0.15, -0.1) is 0 Å². The first-order chi connectivity index (χ1) is 9.66. The third-order valence-corrected chi connectivity index (χ3v) is 3.09. The van der Waals surface area contributed by atoms with Crippen molar-refractivity contribution in [3.05, 3.63) is 22.4 Å². The molecule has 0 aromatic carbocycles. The van der Waals surface area contributed by atoms with Crippen LogP contribution in [0.5, 0.6) is 0 Å². The molecular formula is C12H18N6O2. The number of hydrogen-bond donors (Lipinski definition) is 1. The number of nitrogen functional groups attached to an aromatic ring is 1. The van der Waals surface area contributed by atoms with E-state index in [9.17, 15) is 10.1 Å². The van der Waals surface area contributed by atoms with Crippen LogP contribution in [0.15, 0.2) is 12.3 Å². The number of nitrogens with two attached hydrogens (primary N) is 1. The van der Waals surface area contributed by atoms with Gasteiger partial charge in [0.2, 0.25) is 5.65 Å². The highest BCUT2D eigenvalue weighted by molar-refractivity contribution is 5.65. The second kappa shape index (κ2) is 5.72. The lowest BCUT2D eigenvalue weighted by molar-refractivity contribution is -0.383. The second-order valence-corrected chi connectivity index (χ2v) is 4.26. The summed E-state index contributed by atoms with van der Waals surface area (Å²) in [7, 11) is 0. The van der Waals surface area contributed by atoms with Crippen molar-refractivity contribution in [3.63, 3.8) is 0 Å². The molecular weight excluding hydrogens is 260 g/mol. The first-order valence-electron chi connectivity index (χ1n) is 6.70.